The molecule has 0 spiro atoms. The Kier molecular flexibility index (Phi) is 137. The van der Waals surface area contributed by atoms with E-state index in [1.54, 1.807) is 0 Å². The van der Waals surface area contributed by atoms with E-state index < -0.39 is 0 Å². The summed E-state index contributed by atoms with van der Waals surface area (Å²) in [6.45, 7) is 18.9. The van der Waals surface area contributed by atoms with E-state index in [9.17, 15) is 0 Å². The molecule has 0 rings (SSSR count). The molecule has 0 nitrogen and oxygen atoms in total. The Morgan fingerprint density at radius 1 is 0.583 bits per heavy atom. The summed E-state index contributed by atoms with van der Waals surface area (Å²) in [6, 6.07) is 0. The minimum absolute atomic E-state index is 1.25. The van der Waals surface area contributed by atoms with E-state index in [1.165, 1.54) is 25.7 Å². The summed E-state index contributed by atoms with van der Waals surface area (Å²) in [7, 11) is 0. The zero-order chi connectivity index (χ0) is 10.8. The summed E-state index contributed by atoms with van der Waals surface area (Å²) < 4.78 is 0. The minimum atomic E-state index is 1.25. The zero-order valence-corrected chi connectivity index (χ0v) is 10.2. The van der Waals surface area contributed by atoms with E-state index in [0.29, 0.717) is 0 Å². The van der Waals surface area contributed by atoms with Crippen molar-refractivity contribution >= 4 is 0 Å². The van der Waals surface area contributed by atoms with Crippen LogP contribution in [0.25, 0.3) is 0 Å². The monoisotopic (exact) mass is 174 g/mol. The summed E-state index contributed by atoms with van der Waals surface area (Å²) >= 11 is 0. The van der Waals surface area contributed by atoms with Crippen LogP contribution in [0, 0.1) is 0 Å². The zero-order valence-electron chi connectivity index (χ0n) is 10.2. The van der Waals surface area contributed by atoms with Crippen molar-refractivity contribution in [1.29, 1.82) is 0 Å². The highest BCUT2D eigenvalue weighted by molar-refractivity contribution is 4.22. The average molecular weight is 174 g/mol. The lowest BCUT2D eigenvalue weighted by molar-refractivity contribution is 0.886. The SMILES string of the molecule is C=C.CCC.CCC.CCCC. The highest BCUT2D eigenvalue weighted by Gasteiger charge is 1.56. The number of hydrogen-bond donors (Lipinski definition) is 0. The van der Waals surface area contributed by atoms with Crippen molar-refractivity contribution in [2.24, 2.45) is 0 Å². The molecule has 0 saturated heterocycles. The van der Waals surface area contributed by atoms with Gasteiger partial charge in [-0.1, -0.05) is 67.2 Å². The van der Waals surface area contributed by atoms with Gasteiger partial charge < -0.3 is 0 Å². The summed E-state index contributed by atoms with van der Waals surface area (Å²) in [5.41, 5.74) is 0. The molecule has 0 heteroatoms. The molecule has 0 aliphatic rings. The highest BCUT2D eigenvalue weighted by Crippen LogP contribution is 1.76. The fourth-order valence-corrected chi connectivity index (χ4v) is 0. The van der Waals surface area contributed by atoms with Crippen LogP contribution in [0.4, 0.5) is 0 Å². The van der Waals surface area contributed by atoms with Gasteiger partial charge in [-0.05, 0) is 0 Å². The number of unbranched alkanes of at least 4 members (excludes halogenated alkanes) is 1. The lowest BCUT2D eigenvalue weighted by atomic mass is 10.4. The van der Waals surface area contributed by atoms with Gasteiger partial charge >= 0.3 is 0 Å². The van der Waals surface area contributed by atoms with E-state index in [1.807, 2.05) is 0 Å². The van der Waals surface area contributed by atoms with Crippen LogP contribution in [0.2, 0.25) is 0 Å². The molecule has 78 valence electrons. The molecule has 0 fully saturated rings. The first kappa shape index (κ1) is 22.6. The van der Waals surface area contributed by atoms with Crippen molar-refractivity contribution in [3.05, 3.63) is 13.2 Å². The topological polar surface area (TPSA) is 0 Å². The average Bonchev–Trinajstić information content (AvgIpc) is 2.10. The highest BCUT2D eigenvalue weighted by atomic mass is 13.6. The van der Waals surface area contributed by atoms with E-state index in [-0.39, 0.29) is 0 Å². The predicted molar refractivity (Wildman–Crippen MR) is 63.8 cm³/mol. The van der Waals surface area contributed by atoms with Crippen LogP contribution in [0.1, 0.15) is 67.2 Å². The van der Waals surface area contributed by atoms with Crippen molar-refractivity contribution in [1.82, 2.24) is 0 Å². The first-order valence-corrected chi connectivity index (χ1v) is 5.24. The molecule has 0 aliphatic heterocycles. The Morgan fingerprint density at radius 3 is 0.667 bits per heavy atom. The van der Waals surface area contributed by atoms with Gasteiger partial charge in [0.15, 0.2) is 0 Å². The molecule has 0 saturated carbocycles. The molecular formula is C12H30. The van der Waals surface area contributed by atoms with E-state index >= 15 is 0 Å². The van der Waals surface area contributed by atoms with E-state index in [0.717, 1.165) is 0 Å². The van der Waals surface area contributed by atoms with Gasteiger partial charge in [-0.3, -0.25) is 0 Å². The minimum Gasteiger partial charge on any atom is -0.106 e. The van der Waals surface area contributed by atoms with Crippen LogP contribution in [-0.4, -0.2) is 0 Å². The molecule has 12 heavy (non-hydrogen) atoms. The molecule has 0 aliphatic carbocycles. The van der Waals surface area contributed by atoms with Gasteiger partial charge in [-0.2, -0.15) is 0 Å². The molecule has 0 aromatic heterocycles. The molecule has 0 radical (unpaired) electrons. The van der Waals surface area contributed by atoms with Gasteiger partial charge in [0.1, 0.15) is 0 Å². The van der Waals surface area contributed by atoms with Crippen molar-refractivity contribution in [2.75, 3.05) is 0 Å². The molecule has 0 heterocycles. The van der Waals surface area contributed by atoms with Crippen molar-refractivity contribution in [3.63, 3.8) is 0 Å². The number of hydrogen-bond acceptors (Lipinski definition) is 0. The van der Waals surface area contributed by atoms with Crippen LogP contribution >= 0.6 is 0 Å². The van der Waals surface area contributed by atoms with Gasteiger partial charge in [0.25, 0.3) is 0 Å². The maximum Gasteiger partial charge on any atom is -0.0564 e. The van der Waals surface area contributed by atoms with Crippen LogP contribution in [0.5, 0.6) is 0 Å². The molecular weight excluding hydrogens is 144 g/mol. The van der Waals surface area contributed by atoms with Crippen molar-refractivity contribution in [2.45, 2.75) is 67.2 Å². The van der Waals surface area contributed by atoms with E-state index in [4.69, 9.17) is 0 Å². The predicted octanol–water partition coefficient (Wildman–Crippen LogP) is 5.44. The molecule has 0 aromatic rings. The maximum absolute atomic E-state index is 3.00. The van der Waals surface area contributed by atoms with E-state index in [2.05, 4.69) is 54.7 Å². The largest absolute Gasteiger partial charge is 0.106 e. The van der Waals surface area contributed by atoms with Crippen molar-refractivity contribution < 1.29 is 0 Å². The fourth-order valence-electron chi connectivity index (χ4n) is 0. The summed E-state index contributed by atoms with van der Waals surface area (Å²) in [4.78, 5) is 0. The summed E-state index contributed by atoms with van der Waals surface area (Å²) in [6.07, 6.45) is 5.14. The summed E-state index contributed by atoms with van der Waals surface area (Å²) in [5, 5.41) is 0. The third-order valence-electron chi connectivity index (χ3n) is 0.500. The first-order chi connectivity index (χ1) is 5.74. The van der Waals surface area contributed by atoms with Crippen LogP contribution in [-0.2, 0) is 0 Å². The maximum atomic E-state index is 3.00. The lowest BCUT2D eigenvalue weighted by Gasteiger charge is -1.68. The molecule has 0 N–H and O–H groups in total. The van der Waals surface area contributed by atoms with Gasteiger partial charge in [-0.15, -0.1) is 13.2 Å². The Labute approximate surface area is 81.1 Å². The standard InChI is InChI=1S/C4H10.2C3H8.C2H4/c1-3-4-2;2*1-3-2;1-2/h3-4H2,1-2H3;2*3H2,1-2H3;1-2H2. The third-order valence-corrected chi connectivity index (χ3v) is 0.500. The Bertz CT molecular complexity index is 19.2. The second kappa shape index (κ2) is 72.8. The Balaban J connectivity index is -0.0000000368. The van der Waals surface area contributed by atoms with Gasteiger partial charge in [-0.25, -0.2) is 0 Å². The Morgan fingerprint density at radius 2 is 0.667 bits per heavy atom. The quantitative estimate of drug-likeness (QED) is 0.464. The fraction of sp³-hybridized carbons (Fsp3) is 0.833. The molecule has 0 amide bonds. The molecule has 0 aromatic carbocycles. The summed E-state index contributed by atoms with van der Waals surface area (Å²) in [5.74, 6) is 0. The molecule has 0 unspecified atom stereocenters. The van der Waals surface area contributed by atoms with Gasteiger partial charge in [0.05, 0.1) is 0 Å². The third kappa shape index (κ3) is 1360. The molecule has 0 atom stereocenters. The molecule has 0 bridgehead atoms. The first-order valence-electron chi connectivity index (χ1n) is 5.24. The van der Waals surface area contributed by atoms with Crippen LogP contribution in [0.15, 0.2) is 13.2 Å². The second-order valence-corrected chi connectivity index (χ2v) is 2.41. The normalized spacial score (nSPS) is 5.83. The lowest BCUT2D eigenvalue weighted by Crippen LogP contribution is -1.47. The van der Waals surface area contributed by atoms with Gasteiger partial charge in [0.2, 0.25) is 0 Å². The Hall–Kier alpha value is -0.260. The smallest absolute Gasteiger partial charge is 0.0564 e. The van der Waals surface area contributed by atoms with Crippen LogP contribution in [0.3, 0.4) is 0 Å². The van der Waals surface area contributed by atoms with Crippen LogP contribution < -0.4 is 0 Å². The van der Waals surface area contributed by atoms with Crippen molar-refractivity contribution in [3.8, 4) is 0 Å². The number of rotatable bonds is 1. The van der Waals surface area contributed by atoms with Gasteiger partial charge in [0, 0.05) is 0 Å². The second-order valence-electron chi connectivity index (χ2n) is 2.41.